The van der Waals surface area contributed by atoms with Crippen molar-refractivity contribution in [3.63, 3.8) is 0 Å². The number of likely N-dealkylation sites (N-methyl/N-ethyl adjacent to an activating group) is 1. The van der Waals surface area contributed by atoms with E-state index < -0.39 is 0 Å². The van der Waals surface area contributed by atoms with Gasteiger partial charge in [-0.15, -0.1) is 11.3 Å². The van der Waals surface area contributed by atoms with Crippen molar-refractivity contribution < 1.29 is 14.3 Å². The number of urea groups is 1. The fourth-order valence-corrected chi connectivity index (χ4v) is 3.46. The summed E-state index contributed by atoms with van der Waals surface area (Å²) in [5.41, 5.74) is 1.47. The second-order valence-electron chi connectivity index (χ2n) is 5.04. The fraction of sp³-hybridized carbons (Fsp3) is 0.429. The molecular weight excluding hydrogens is 290 g/mol. The third-order valence-electron chi connectivity index (χ3n) is 3.83. The standard InChI is InChI=1S/C14H17N3O3S/c1-16-9-8-17(5-6-20-2)13(18)11(9)12(15-14(16)19)10-4-3-7-21-10/h3-4,7,12H,5-6,8H2,1-2H3,(H,15,19). The Labute approximate surface area is 127 Å². The fourth-order valence-electron chi connectivity index (χ4n) is 2.67. The van der Waals surface area contributed by atoms with E-state index in [-0.39, 0.29) is 18.0 Å². The Morgan fingerprint density at radius 1 is 1.48 bits per heavy atom. The van der Waals surface area contributed by atoms with Crippen LogP contribution < -0.4 is 5.32 Å². The van der Waals surface area contributed by atoms with E-state index in [0.717, 1.165) is 10.6 Å². The number of carbonyl (C=O) groups is 2. The molecule has 0 saturated heterocycles. The van der Waals surface area contributed by atoms with Gasteiger partial charge in [0, 0.05) is 25.6 Å². The van der Waals surface area contributed by atoms with E-state index in [0.29, 0.717) is 25.3 Å². The summed E-state index contributed by atoms with van der Waals surface area (Å²) >= 11 is 1.54. The van der Waals surface area contributed by atoms with E-state index in [9.17, 15) is 9.59 Å². The first-order valence-electron chi connectivity index (χ1n) is 6.72. The van der Waals surface area contributed by atoms with Crippen LogP contribution in [0.4, 0.5) is 4.79 Å². The van der Waals surface area contributed by atoms with Crippen LogP contribution in [0.25, 0.3) is 0 Å². The molecule has 1 aromatic heterocycles. The molecule has 0 saturated carbocycles. The van der Waals surface area contributed by atoms with Gasteiger partial charge < -0.3 is 15.0 Å². The summed E-state index contributed by atoms with van der Waals surface area (Å²) in [7, 11) is 3.31. The number of methoxy groups -OCH3 is 1. The van der Waals surface area contributed by atoms with Gasteiger partial charge >= 0.3 is 6.03 Å². The molecule has 6 nitrogen and oxygen atoms in total. The molecule has 0 aliphatic carbocycles. The first kappa shape index (κ1) is 14.1. The lowest BCUT2D eigenvalue weighted by atomic mass is 10.0. The number of carbonyl (C=O) groups excluding carboxylic acids is 2. The average Bonchev–Trinajstić information content (AvgIpc) is 3.10. The highest BCUT2D eigenvalue weighted by Gasteiger charge is 2.42. The smallest absolute Gasteiger partial charge is 0.322 e. The zero-order valence-corrected chi connectivity index (χ0v) is 12.8. The van der Waals surface area contributed by atoms with Gasteiger partial charge in [0.15, 0.2) is 0 Å². The summed E-state index contributed by atoms with van der Waals surface area (Å²) in [5.74, 6) is -0.0210. The molecule has 3 heterocycles. The Morgan fingerprint density at radius 3 is 2.95 bits per heavy atom. The lowest BCUT2D eigenvalue weighted by Crippen LogP contribution is -2.45. The van der Waals surface area contributed by atoms with E-state index in [1.165, 1.54) is 16.2 Å². The monoisotopic (exact) mass is 307 g/mol. The van der Waals surface area contributed by atoms with Crippen LogP contribution in [0.1, 0.15) is 10.9 Å². The van der Waals surface area contributed by atoms with Crippen LogP contribution in [0.3, 0.4) is 0 Å². The second-order valence-corrected chi connectivity index (χ2v) is 6.02. The van der Waals surface area contributed by atoms with Gasteiger partial charge in [0.2, 0.25) is 0 Å². The number of rotatable bonds is 4. The van der Waals surface area contributed by atoms with Gasteiger partial charge in [-0.2, -0.15) is 0 Å². The highest BCUT2D eigenvalue weighted by atomic mass is 32.1. The molecular formula is C14H17N3O3S. The van der Waals surface area contributed by atoms with Crippen molar-refractivity contribution >= 4 is 23.3 Å². The number of nitrogens with zero attached hydrogens (tertiary/aromatic N) is 2. The third kappa shape index (κ3) is 2.32. The van der Waals surface area contributed by atoms with Crippen LogP contribution in [0.2, 0.25) is 0 Å². The van der Waals surface area contributed by atoms with Crippen LogP contribution in [-0.2, 0) is 9.53 Å². The zero-order chi connectivity index (χ0) is 15.0. The van der Waals surface area contributed by atoms with E-state index in [2.05, 4.69) is 5.32 Å². The molecule has 2 aliphatic rings. The highest BCUT2D eigenvalue weighted by Crippen LogP contribution is 2.36. The van der Waals surface area contributed by atoms with Gasteiger partial charge in [-0.05, 0) is 11.4 Å². The largest absolute Gasteiger partial charge is 0.383 e. The number of hydrogen-bond acceptors (Lipinski definition) is 4. The minimum absolute atomic E-state index is 0.0210. The topological polar surface area (TPSA) is 61.9 Å². The first-order chi connectivity index (χ1) is 10.1. The summed E-state index contributed by atoms with van der Waals surface area (Å²) in [4.78, 5) is 29.0. The Morgan fingerprint density at radius 2 is 2.29 bits per heavy atom. The van der Waals surface area contributed by atoms with Crippen molar-refractivity contribution in [3.05, 3.63) is 33.7 Å². The van der Waals surface area contributed by atoms with Crippen LogP contribution >= 0.6 is 11.3 Å². The van der Waals surface area contributed by atoms with Crippen molar-refractivity contribution in [3.8, 4) is 0 Å². The maximum absolute atomic E-state index is 12.6. The molecule has 112 valence electrons. The SMILES string of the molecule is COCCN1CC2=C(C1=O)C(c1cccs1)NC(=O)N2C. The van der Waals surface area contributed by atoms with Crippen molar-refractivity contribution in [2.24, 2.45) is 0 Å². The molecule has 0 fully saturated rings. The lowest BCUT2D eigenvalue weighted by Gasteiger charge is -2.30. The molecule has 7 heteroatoms. The summed E-state index contributed by atoms with van der Waals surface area (Å²) in [5, 5.41) is 4.85. The maximum Gasteiger partial charge on any atom is 0.322 e. The molecule has 3 amide bonds. The molecule has 0 radical (unpaired) electrons. The van der Waals surface area contributed by atoms with Gasteiger partial charge in [-0.3, -0.25) is 9.69 Å². The number of thiophene rings is 1. The highest BCUT2D eigenvalue weighted by molar-refractivity contribution is 7.10. The molecule has 0 aromatic carbocycles. The quantitative estimate of drug-likeness (QED) is 0.909. The van der Waals surface area contributed by atoms with Crippen molar-refractivity contribution in [1.82, 2.24) is 15.1 Å². The summed E-state index contributed by atoms with van der Waals surface area (Å²) in [6.07, 6.45) is 0. The predicted molar refractivity (Wildman–Crippen MR) is 78.8 cm³/mol. The Balaban J connectivity index is 1.94. The second kappa shape index (κ2) is 5.50. The van der Waals surface area contributed by atoms with E-state index in [1.807, 2.05) is 17.5 Å². The van der Waals surface area contributed by atoms with E-state index in [1.54, 1.807) is 19.1 Å². The molecule has 1 N–H and O–H groups in total. The molecule has 1 aromatic rings. The molecule has 1 atom stereocenters. The predicted octanol–water partition coefficient (Wildman–Crippen LogP) is 1.19. The normalized spacial score (nSPS) is 21.9. The third-order valence-corrected chi connectivity index (χ3v) is 4.77. The number of amides is 3. The maximum atomic E-state index is 12.6. The van der Waals surface area contributed by atoms with E-state index in [4.69, 9.17) is 4.74 Å². The first-order valence-corrected chi connectivity index (χ1v) is 7.60. The van der Waals surface area contributed by atoms with Crippen LogP contribution in [0.15, 0.2) is 28.8 Å². The van der Waals surface area contributed by atoms with Crippen LogP contribution in [0, 0.1) is 0 Å². The van der Waals surface area contributed by atoms with Gasteiger partial charge in [0.25, 0.3) is 5.91 Å². The van der Waals surface area contributed by atoms with E-state index >= 15 is 0 Å². The van der Waals surface area contributed by atoms with Gasteiger partial charge in [0.1, 0.15) is 0 Å². The van der Waals surface area contributed by atoms with Gasteiger partial charge in [0.05, 0.1) is 30.5 Å². The number of nitrogens with one attached hydrogen (secondary N) is 1. The Hall–Kier alpha value is -1.86. The van der Waals surface area contributed by atoms with Gasteiger partial charge in [-0.25, -0.2) is 4.79 Å². The summed E-state index contributed by atoms with van der Waals surface area (Å²) in [6.45, 7) is 1.48. The number of ether oxygens (including phenoxy) is 1. The Kier molecular flexibility index (Phi) is 3.69. The van der Waals surface area contributed by atoms with Crippen molar-refractivity contribution in [2.45, 2.75) is 6.04 Å². The number of hydrogen-bond donors (Lipinski definition) is 1. The molecule has 3 rings (SSSR count). The average molecular weight is 307 g/mol. The zero-order valence-electron chi connectivity index (χ0n) is 12.0. The molecule has 21 heavy (non-hydrogen) atoms. The van der Waals surface area contributed by atoms with Crippen molar-refractivity contribution in [1.29, 1.82) is 0 Å². The summed E-state index contributed by atoms with van der Waals surface area (Å²) < 4.78 is 5.05. The minimum atomic E-state index is -0.344. The van der Waals surface area contributed by atoms with Crippen molar-refractivity contribution in [2.75, 3.05) is 33.9 Å². The minimum Gasteiger partial charge on any atom is -0.383 e. The molecule has 0 spiro atoms. The van der Waals surface area contributed by atoms with Crippen LogP contribution in [0.5, 0.6) is 0 Å². The summed E-state index contributed by atoms with van der Waals surface area (Å²) in [6, 6.07) is 3.35. The molecule has 1 unspecified atom stereocenters. The molecule has 2 aliphatic heterocycles. The van der Waals surface area contributed by atoms with Gasteiger partial charge in [-0.1, -0.05) is 6.07 Å². The molecule has 0 bridgehead atoms. The lowest BCUT2D eigenvalue weighted by molar-refractivity contribution is -0.126. The Bertz CT molecular complexity index is 597. The van der Waals surface area contributed by atoms with Crippen LogP contribution in [-0.4, -0.2) is 55.6 Å².